The van der Waals surface area contributed by atoms with Crippen molar-refractivity contribution in [3.8, 4) is 16.9 Å². The van der Waals surface area contributed by atoms with Crippen LogP contribution in [0.4, 0.5) is 5.69 Å². The van der Waals surface area contributed by atoms with Crippen molar-refractivity contribution in [2.75, 3.05) is 24.8 Å². The van der Waals surface area contributed by atoms with Gasteiger partial charge in [0.05, 0.1) is 19.4 Å². The van der Waals surface area contributed by atoms with Crippen LogP contribution in [0.15, 0.2) is 78.6 Å². The third kappa shape index (κ3) is 3.42. The van der Waals surface area contributed by atoms with Crippen LogP contribution < -0.4 is 9.64 Å². The summed E-state index contributed by atoms with van der Waals surface area (Å²) in [6.45, 7) is 8.37. The maximum absolute atomic E-state index is 11.7. The predicted molar refractivity (Wildman–Crippen MR) is 132 cm³/mol. The highest BCUT2D eigenvalue weighted by atomic mass is 16.5. The van der Waals surface area contributed by atoms with Crippen molar-refractivity contribution in [1.29, 1.82) is 0 Å². The van der Waals surface area contributed by atoms with Gasteiger partial charge in [0.2, 0.25) is 0 Å². The van der Waals surface area contributed by atoms with E-state index in [1.165, 1.54) is 11.1 Å². The van der Waals surface area contributed by atoms with E-state index in [1.54, 1.807) is 13.1 Å². The molecule has 0 aliphatic carbocycles. The van der Waals surface area contributed by atoms with E-state index in [0.717, 1.165) is 48.0 Å². The molecule has 0 radical (unpaired) electrons. The summed E-state index contributed by atoms with van der Waals surface area (Å²) in [5.41, 5.74) is 6.16. The Morgan fingerprint density at radius 1 is 1.06 bits per heavy atom. The van der Waals surface area contributed by atoms with E-state index in [-0.39, 0.29) is 11.8 Å². The molecule has 0 amide bonds. The maximum atomic E-state index is 11.7. The van der Waals surface area contributed by atoms with E-state index in [4.69, 9.17) is 4.74 Å². The molecule has 1 saturated heterocycles. The molecule has 34 heavy (non-hydrogen) atoms. The number of rotatable bonds is 3. The minimum Gasteiger partial charge on any atom is -0.483 e. The number of carbonyl (C=O) groups excluding carboxylic acids is 1. The van der Waals surface area contributed by atoms with Gasteiger partial charge in [-0.15, -0.1) is 0 Å². The number of anilines is 1. The van der Waals surface area contributed by atoms with Crippen LogP contribution >= 0.6 is 0 Å². The second-order valence-electron chi connectivity index (χ2n) is 9.72. The highest BCUT2D eigenvalue weighted by Gasteiger charge is 2.47. The lowest BCUT2D eigenvalue weighted by molar-refractivity contribution is -0.0296. The third-order valence-corrected chi connectivity index (χ3v) is 7.13. The number of hydrazine groups is 1. The maximum Gasteiger partial charge on any atom is 0.159 e. The van der Waals surface area contributed by atoms with Crippen molar-refractivity contribution >= 4 is 11.5 Å². The second-order valence-corrected chi connectivity index (χ2v) is 9.72. The molecular formula is C28H28N4O2. The topological polar surface area (TPSA) is 48.9 Å². The zero-order chi connectivity index (χ0) is 23.4. The summed E-state index contributed by atoms with van der Waals surface area (Å²) in [5, 5.41) is 4.86. The number of ketones is 1. The molecule has 0 bridgehead atoms. The molecule has 1 unspecified atom stereocenters. The van der Waals surface area contributed by atoms with Gasteiger partial charge in [-0.25, -0.2) is 10.0 Å². The van der Waals surface area contributed by atoms with Crippen LogP contribution in [-0.4, -0.2) is 46.3 Å². The van der Waals surface area contributed by atoms with Crippen molar-refractivity contribution in [3.63, 3.8) is 0 Å². The molecule has 172 valence electrons. The minimum absolute atomic E-state index is 0.0923. The lowest BCUT2D eigenvalue weighted by atomic mass is 9.82. The molecule has 0 saturated carbocycles. The Balaban J connectivity index is 1.35. The average Bonchev–Trinajstić information content (AvgIpc) is 3.28. The fraction of sp³-hybridized carbons (Fsp3) is 0.286. The first-order valence-corrected chi connectivity index (χ1v) is 11.7. The summed E-state index contributed by atoms with van der Waals surface area (Å²) in [7, 11) is 0. The van der Waals surface area contributed by atoms with Crippen LogP contribution in [0.2, 0.25) is 0 Å². The number of Topliss-reactive ketones (excluding diaryl/α,β-unsaturated/α-hetero) is 1. The van der Waals surface area contributed by atoms with Crippen molar-refractivity contribution in [3.05, 3.63) is 89.8 Å². The number of hydrogen-bond acceptors (Lipinski definition) is 6. The van der Waals surface area contributed by atoms with Gasteiger partial charge in [0, 0.05) is 41.3 Å². The SMILES string of the molecule is CC(=O)c1ccc(N2CN3CC=C4C(c5ccc(-c6cccnc6)cc5OC4(C)C)N3C2)cc1. The molecule has 6 rings (SSSR count). The molecule has 0 spiro atoms. The first-order valence-electron chi connectivity index (χ1n) is 11.7. The smallest absolute Gasteiger partial charge is 0.159 e. The monoisotopic (exact) mass is 452 g/mol. The average molecular weight is 453 g/mol. The van der Waals surface area contributed by atoms with Crippen molar-refractivity contribution in [2.45, 2.75) is 32.4 Å². The number of ether oxygens (including phenoxy) is 1. The molecule has 3 aliphatic rings. The van der Waals surface area contributed by atoms with E-state index < -0.39 is 5.60 Å². The number of hydrogen-bond donors (Lipinski definition) is 0. The van der Waals surface area contributed by atoms with Crippen molar-refractivity contribution in [1.82, 2.24) is 15.0 Å². The van der Waals surface area contributed by atoms with E-state index in [0.29, 0.717) is 0 Å². The molecule has 6 heteroatoms. The Hall–Kier alpha value is -3.48. The fourth-order valence-corrected chi connectivity index (χ4v) is 5.34. The first kappa shape index (κ1) is 21.1. The zero-order valence-corrected chi connectivity index (χ0v) is 19.7. The standard InChI is InChI=1S/C28H28N4O2/c1-19(33)20-6-9-23(10-7-20)30-17-31-14-12-25-27(32(31)18-30)24-11-8-21(22-5-4-13-29-16-22)15-26(24)34-28(25,2)3/h4-13,15-16,27H,14,17-18H2,1-3H3. The van der Waals surface area contributed by atoms with Gasteiger partial charge in [-0.05, 0) is 68.3 Å². The number of nitrogens with zero attached hydrogens (tertiary/aromatic N) is 4. The largest absolute Gasteiger partial charge is 0.483 e. The Labute approximate surface area is 200 Å². The van der Waals surface area contributed by atoms with Gasteiger partial charge in [0.1, 0.15) is 11.4 Å². The van der Waals surface area contributed by atoms with E-state index in [9.17, 15) is 4.79 Å². The Morgan fingerprint density at radius 2 is 1.88 bits per heavy atom. The summed E-state index contributed by atoms with van der Waals surface area (Å²) in [4.78, 5) is 18.3. The predicted octanol–water partition coefficient (Wildman–Crippen LogP) is 5.06. The van der Waals surface area contributed by atoms with Crippen molar-refractivity contribution in [2.24, 2.45) is 0 Å². The fourth-order valence-electron chi connectivity index (χ4n) is 5.34. The molecule has 6 nitrogen and oxygen atoms in total. The summed E-state index contributed by atoms with van der Waals surface area (Å²) in [6, 6.07) is 18.6. The number of pyridine rings is 1. The number of fused-ring (bicyclic) bond motifs is 5. The van der Waals surface area contributed by atoms with Gasteiger partial charge in [-0.1, -0.05) is 24.3 Å². The molecule has 1 fully saturated rings. The lowest BCUT2D eigenvalue weighted by Gasteiger charge is -2.48. The summed E-state index contributed by atoms with van der Waals surface area (Å²) in [6.07, 6.45) is 6.02. The van der Waals surface area contributed by atoms with Gasteiger partial charge in [0.15, 0.2) is 5.78 Å². The molecule has 0 N–H and O–H groups in total. The van der Waals surface area contributed by atoms with E-state index >= 15 is 0 Å². The quantitative estimate of drug-likeness (QED) is 0.409. The Kier molecular flexibility index (Phi) is 4.83. The minimum atomic E-state index is -0.395. The van der Waals surface area contributed by atoms with E-state index in [1.807, 2.05) is 36.5 Å². The normalized spacial score (nSPS) is 21.2. The van der Waals surface area contributed by atoms with Crippen LogP contribution in [-0.2, 0) is 0 Å². The van der Waals surface area contributed by atoms with Crippen LogP contribution in [0.3, 0.4) is 0 Å². The number of benzene rings is 2. The number of carbonyl (C=O) groups is 1. The van der Waals surface area contributed by atoms with Crippen LogP contribution in [0.1, 0.15) is 42.7 Å². The Bertz CT molecular complexity index is 1280. The summed E-state index contributed by atoms with van der Waals surface area (Å²) in [5.74, 6) is 1.02. The molecule has 1 aromatic heterocycles. The third-order valence-electron chi connectivity index (χ3n) is 7.13. The molecule has 3 aromatic rings. The number of aromatic nitrogens is 1. The lowest BCUT2D eigenvalue weighted by Crippen LogP contribution is -2.51. The van der Waals surface area contributed by atoms with Crippen LogP contribution in [0, 0.1) is 0 Å². The van der Waals surface area contributed by atoms with Gasteiger partial charge < -0.3 is 9.64 Å². The molecule has 1 atom stereocenters. The molecule has 2 aromatic carbocycles. The molecule has 4 heterocycles. The van der Waals surface area contributed by atoms with E-state index in [2.05, 4.69) is 64.1 Å². The highest BCUT2D eigenvalue weighted by molar-refractivity contribution is 5.94. The highest BCUT2D eigenvalue weighted by Crippen LogP contribution is 2.50. The Morgan fingerprint density at radius 3 is 2.62 bits per heavy atom. The summed E-state index contributed by atoms with van der Waals surface area (Å²) >= 11 is 0. The second kappa shape index (κ2) is 7.79. The van der Waals surface area contributed by atoms with Gasteiger partial charge in [-0.2, -0.15) is 0 Å². The molecule has 3 aliphatic heterocycles. The van der Waals surface area contributed by atoms with Gasteiger partial charge >= 0.3 is 0 Å². The first-order chi connectivity index (χ1) is 16.4. The van der Waals surface area contributed by atoms with Crippen LogP contribution in [0.25, 0.3) is 11.1 Å². The van der Waals surface area contributed by atoms with Gasteiger partial charge in [-0.3, -0.25) is 9.78 Å². The zero-order valence-electron chi connectivity index (χ0n) is 19.7. The van der Waals surface area contributed by atoms with Crippen molar-refractivity contribution < 1.29 is 9.53 Å². The molecular weight excluding hydrogens is 424 g/mol. The van der Waals surface area contributed by atoms with Gasteiger partial charge in [0.25, 0.3) is 0 Å². The van der Waals surface area contributed by atoms with Crippen LogP contribution in [0.5, 0.6) is 5.75 Å². The summed E-state index contributed by atoms with van der Waals surface area (Å²) < 4.78 is 6.57.